The maximum atomic E-state index is 5.88. The van der Waals surface area contributed by atoms with Gasteiger partial charge in [-0.15, -0.1) is 6.58 Å². The molecule has 2 atom stereocenters. The molecular formula is C15H32N2O. The van der Waals surface area contributed by atoms with E-state index in [1.807, 2.05) is 13.0 Å². The molecule has 0 aromatic carbocycles. The van der Waals surface area contributed by atoms with Crippen molar-refractivity contribution in [1.82, 2.24) is 5.43 Å². The van der Waals surface area contributed by atoms with E-state index in [-0.39, 0.29) is 17.6 Å². The molecular weight excluding hydrogens is 224 g/mol. The number of hydrogen-bond acceptors (Lipinski definition) is 3. The van der Waals surface area contributed by atoms with Crippen molar-refractivity contribution in [2.24, 2.45) is 11.3 Å². The summed E-state index contributed by atoms with van der Waals surface area (Å²) in [7, 11) is 0. The molecule has 0 radical (unpaired) electrons. The van der Waals surface area contributed by atoms with Gasteiger partial charge in [-0.1, -0.05) is 39.7 Å². The van der Waals surface area contributed by atoms with Crippen molar-refractivity contribution in [1.29, 1.82) is 0 Å². The van der Waals surface area contributed by atoms with Crippen LogP contribution in [0.1, 0.15) is 59.8 Å². The van der Waals surface area contributed by atoms with Crippen LogP contribution < -0.4 is 11.3 Å². The van der Waals surface area contributed by atoms with E-state index < -0.39 is 0 Å². The van der Waals surface area contributed by atoms with Gasteiger partial charge in [-0.3, -0.25) is 11.3 Å². The summed E-state index contributed by atoms with van der Waals surface area (Å²) in [6.45, 7) is 13.1. The lowest BCUT2D eigenvalue weighted by Gasteiger charge is -2.36. The lowest BCUT2D eigenvalue weighted by Crippen LogP contribution is -2.50. The Bertz CT molecular complexity index is 211. The number of hydrazine groups is 1. The average Bonchev–Trinajstić information content (AvgIpc) is 2.30. The highest BCUT2D eigenvalue weighted by Gasteiger charge is 2.31. The minimum absolute atomic E-state index is 0.105. The van der Waals surface area contributed by atoms with Crippen LogP contribution >= 0.6 is 0 Å². The quantitative estimate of drug-likeness (QED) is 0.272. The largest absolute Gasteiger partial charge is 0.376 e. The Morgan fingerprint density at radius 2 is 1.94 bits per heavy atom. The van der Waals surface area contributed by atoms with Crippen molar-refractivity contribution in [3.8, 4) is 0 Å². The van der Waals surface area contributed by atoms with Crippen LogP contribution in [0.15, 0.2) is 12.7 Å². The van der Waals surface area contributed by atoms with Gasteiger partial charge < -0.3 is 4.74 Å². The second-order valence-electron chi connectivity index (χ2n) is 5.94. The van der Waals surface area contributed by atoms with Crippen LogP contribution in [0.4, 0.5) is 0 Å². The summed E-state index contributed by atoms with van der Waals surface area (Å²) < 4.78 is 5.88. The fraction of sp³-hybridized carbons (Fsp3) is 0.867. The standard InChI is InChI=1S/C15H32N2O/c1-6-8-9-10-11-12-13(17-16)14(18-7-2)15(3,4)5/h6,13-14,17H,1,7-12,16H2,2-5H3. The summed E-state index contributed by atoms with van der Waals surface area (Å²) in [5.74, 6) is 5.70. The third kappa shape index (κ3) is 7.14. The molecule has 108 valence electrons. The van der Waals surface area contributed by atoms with Crippen LogP contribution in [0.25, 0.3) is 0 Å². The molecule has 0 aromatic rings. The van der Waals surface area contributed by atoms with E-state index in [0.717, 1.165) is 19.4 Å². The highest BCUT2D eigenvalue weighted by Crippen LogP contribution is 2.27. The molecule has 0 aromatic heterocycles. The second-order valence-corrected chi connectivity index (χ2v) is 5.94. The number of ether oxygens (including phenoxy) is 1. The van der Waals surface area contributed by atoms with E-state index >= 15 is 0 Å². The Kier molecular flexibility index (Phi) is 9.34. The molecule has 0 heterocycles. The van der Waals surface area contributed by atoms with Crippen LogP contribution in [-0.2, 0) is 4.74 Å². The molecule has 0 saturated heterocycles. The first-order valence-electron chi connectivity index (χ1n) is 7.16. The second kappa shape index (κ2) is 9.54. The molecule has 0 fully saturated rings. The molecule has 0 rings (SSSR count). The predicted molar refractivity (Wildman–Crippen MR) is 79.3 cm³/mol. The van der Waals surface area contributed by atoms with Gasteiger partial charge in [0.1, 0.15) is 0 Å². The molecule has 18 heavy (non-hydrogen) atoms. The molecule has 3 N–H and O–H groups in total. The topological polar surface area (TPSA) is 47.3 Å². The molecule has 0 aliphatic carbocycles. The molecule has 0 aliphatic rings. The number of allylic oxidation sites excluding steroid dienone is 1. The Morgan fingerprint density at radius 3 is 2.39 bits per heavy atom. The minimum atomic E-state index is 0.105. The summed E-state index contributed by atoms with van der Waals surface area (Å²) >= 11 is 0. The molecule has 3 nitrogen and oxygen atoms in total. The normalized spacial score (nSPS) is 15.4. The molecule has 2 unspecified atom stereocenters. The number of nitrogens with one attached hydrogen (secondary N) is 1. The van der Waals surface area contributed by atoms with E-state index in [4.69, 9.17) is 10.6 Å². The minimum Gasteiger partial charge on any atom is -0.376 e. The van der Waals surface area contributed by atoms with Crippen molar-refractivity contribution in [3.05, 3.63) is 12.7 Å². The number of nitrogens with two attached hydrogens (primary N) is 1. The molecule has 0 aliphatic heterocycles. The first-order valence-corrected chi connectivity index (χ1v) is 7.16. The fourth-order valence-corrected chi connectivity index (χ4v) is 2.30. The zero-order valence-corrected chi connectivity index (χ0v) is 12.7. The monoisotopic (exact) mass is 256 g/mol. The van der Waals surface area contributed by atoms with Gasteiger partial charge in [-0.25, -0.2) is 0 Å². The Balaban J connectivity index is 4.20. The molecule has 0 spiro atoms. The Morgan fingerprint density at radius 1 is 1.28 bits per heavy atom. The highest BCUT2D eigenvalue weighted by molar-refractivity contribution is 4.85. The van der Waals surface area contributed by atoms with Crippen molar-refractivity contribution < 1.29 is 4.74 Å². The number of unbranched alkanes of at least 4 members (excludes halogenated alkanes) is 3. The van der Waals surface area contributed by atoms with Gasteiger partial charge in [0.2, 0.25) is 0 Å². The summed E-state index contributed by atoms with van der Waals surface area (Å²) in [6.07, 6.45) is 7.94. The van der Waals surface area contributed by atoms with Gasteiger partial charge >= 0.3 is 0 Å². The van der Waals surface area contributed by atoms with E-state index in [1.54, 1.807) is 0 Å². The predicted octanol–water partition coefficient (Wildman–Crippen LogP) is 3.41. The van der Waals surface area contributed by atoms with Gasteiger partial charge in [0.05, 0.1) is 6.10 Å². The van der Waals surface area contributed by atoms with Gasteiger partial charge in [-0.05, 0) is 31.6 Å². The average molecular weight is 256 g/mol. The molecule has 0 bridgehead atoms. The van der Waals surface area contributed by atoms with E-state index in [0.29, 0.717) is 0 Å². The summed E-state index contributed by atoms with van der Waals surface area (Å²) in [5, 5.41) is 0. The summed E-state index contributed by atoms with van der Waals surface area (Å²) in [5.41, 5.74) is 3.04. The first kappa shape index (κ1) is 17.6. The third-order valence-corrected chi connectivity index (χ3v) is 3.20. The van der Waals surface area contributed by atoms with Crippen molar-refractivity contribution in [3.63, 3.8) is 0 Å². The maximum absolute atomic E-state index is 5.88. The van der Waals surface area contributed by atoms with E-state index in [1.165, 1.54) is 19.3 Å². The van der Waals surface area contributed by atoms with Crippen molar-refractivity contribution in [2.45, 2.75) is 71.9 Å². The molecule has 0 saturated carbocycles. The lowest BCUT2D eigenvalue weighted by atomic mass is 9.83. The fourth-order valence-electron chi connectivity index (χ4n) is 2.30. The van der Waals surface area contributed by atoms with E-state index in [9.17, 15) is 0 Å². The molecule has 0 amide bonds. The van der Waals surface area contributed by atoms with Crippen LogP contribution in [0.5, 0.6) is 0 Å². The van der Waals surface area contributed by atoms with Crippen LogP contribution in [0.3, 0.4) is 0 Å². The van der Waals surface area contributed by atoms with Crippen LogP contribution in [0, 0.1) is 5.41 Å². The van der Waals surface area contributed by atoms with E-state index in [2.05, 4.69) is 32.8 Å². The first-order chi connectivity index (χ1) is 8.47. The summed E-state index contributed by atoms with van der Waals surface area (Å²) in [6, 6.07) is 0.230. The van der Waals surface area contributed by atoms with Gasteiger partial charge in [0.25, 0.3) is 0 Å². The lowest BCUT2D eigenvalue weighted by molar-refractivity contribution is -0.0379. The van der Waals surface area contributed by atoms with Gasteiger partial charge in [-0.2, -0.15) is 0 Å². The Labute approximate surface area is 113 Å². The summed E-state index contributed by atoms with van der Waals surface area (Å²) in [4.78, 5) is 0. The number of rotatable bonds is 10. The zero-order valence-electron chi connectivity index (χ0n) is 12.7. The maximum Gasteiger partial charge on any atom is 0.0789 e. The highest BCUT2D eigenvalue weighted by atomic mass is 16.5. The molecule has 3 heteroatoms. The zero-order chi connectivity index (χ0) is 14.0. The van der Waals surface area contributed by atoms with Crippen molar-refractivity contribution in [2.75, 3.05) is 6.61 Å². The Hall–Kier alpha value is -0.380. The van der Waals surface area contributed by atoms with Gasteiger partial charge in [0.15, 0.2) is 0 Å². The smallest absolute Gasteiger partial charge is 0.0789 e. The number of hydrogen-bond donors (Lipinski definition) is 2. The van der Waals surface area contributed by atoms with Gasteiger partial charge in [0, 0.05) is 12.6 Å². The van der Waals surface area contributed by atoms with Crippen molar-refractivity contribution >= 4 is 0 Å². The SMILES string of the molecule is C=CCCCCCC(NN)C(OCC)C(C)(C)C. The third-order valence-electron chi connectivity index (χ3n) is 3.20. The van der Waals surface area contributed by atoms with Crippen LogP contribution in [-0.4, -0.2) is 18.8 Å². The van der Waals surface area contributed by atoms with Crippen LogP contribution in [0.2, 0.25) is 0 Å².